The lowest BCUT2D eigenvalue weighted by molar-refractivity contribution is 0.367. The van der Waals surface area contributed by atoms with Gasteiger partial charge in [0.1, 0.15) is 31.0 Å². The lowest BCUT2D eigenvalue weighted by Crippen LogP contribution is -2.33. The summed E-state index contributed by atoms with van der Waals surface area (Å²) in [6.45, 7) is 4.25. The highest BCUT2D eigenvalue weighted by atomic mass is 16.6. The molecular weight excluding hydrogens is 304 g/mol. The van der Waals surface area contributed by atoms with Gasteiger partial charge in [0, 0.05) is 6.42 Å². The number of hydrogen-bond acceptors (Lipinski definition) is 6. The van der Waals surface area contributed by atoms with Crippen LogP contribution in [0.5, 0.6) is 0 Å². The molecule has 0 saturated carbocycles. The van der Waals surface area contributed by atoms with Crippen LogP contribution < -0.4 is 11.4 Å². The number of aromatic nitrogens is 6. The minimum atomic E-state index is -0.257. The largest absolute Gasteiger partial charge is 0.371 e. The van der Waals surface area contributed by atoms with E-state index in [0.717, 1.165) is 0 Å². The number of epoxide rings is 2. The van der Waals surface area contributed by atoms with Crippen LogP contribution >= 0.6 is 0 Å². The molecule has 2 aliphatic heterocycles. The van der Waals surface area contributed by atoms with E-state index in [1.165, 1.54) is 24.8 Å². The maximum absolute atomic E-state index is 12.5. The second-order valence-corrected chi connectivity index (χ2v) is 5.78. The Labute approximate surface area is 130 Å². The van der Waals surface area contributed by atoms with Gasteiger partial charge in [-0.25, -0.2) is 19.0 Å². The molecule has 2 aromatic heterocycles. The lowest BCUT2D eigenvalue weighted by atomic mass is 10.4. The number of ether oxygens (including phenoxy) is 2. The summed E-state index contributed by atoms with van der Waals surface area (Å²) in [6.07, 6.45) is 2.20. The predicted octanol–water partition coefficient (Wildman–Crippen LogP) is -1.73. The summed E-state index contributed by atoms with van der Waals surface area (Å²) in [5.74, 6) is 0.640. The van der Waals surface area contributed by atoms with E-state index in [1.807, 2.05) is 6.92 Å². The predicted molar refractivity (Wildman–Crippen MR) is 77.2 cm³/mol. The Morgan fingerprint density at radius 1 is 1.13 bits per heavy atom. The zero-order valence-corrected chi connectivity index (χ0v) is 12.8. The highest BCUT2D eigenvalue weighted by Crippen LogP contribution is 2.10. The van der Waals surface area contributed by atoms with E-state index >= 15 is 0 Å². The van der Waals surface area contributed by atoms with Gasteiger partial charge in [-0.05, 0) is 0 Å². The molecule has 0 amide bonds. The molecule has 0 N–H and O–H groups in total. The summed E-state index contributed by atoms with van der Waals surface area (Å²) in [5, 5.41) is 8.39. The van der Waals surface area contributed by atoms with Crippen LogP contribution in [0, 0.1) is 0 Å². The van der Waals surface area contributed by atoms with Gasteiger partial charge >= 0.3 is 11.4 Å². The van der Waals surface area contributed by atoms with E-state index < -0.39 is 0 Å². The zero-order valence-electron chi connectivity index (χ0n) is 12.8. The fourth-order valence-electron chi connectivity index (χ4n) is 2.49. The van der Waals surface area contributed by atoms with Crippen LogP contribution in [0.2, 0.25) is 0 Å². The Balaban J connectivity index is 1.60. The van der Waals surface area contributed by atoms with Crippen molar-refractivity contribution in [2.45, 2.75) is 45.3 Å². The van der Waals surface area contributed by atoms with Gasteiger partial charge in [0.15, 0.2) is 0 Å². The third-order valence-corrected chi connectivity index (χ3v) is 3.96. The van der Waals surface area contributed by atoms with Crippen LogP contribution in [0.1, 0.15) is 12.7 Å². The number of rotatable bonds is 7. The minimum absolute atomic E-state index is 0.0739. The first-order valence-corrected chi connectivity index (χ1v) is 7.67. The quantitative estimate of drug-likeness (QED) is 0.561. The molecular formula is C13H18N6O4. The van der Waals surface area contributed by atoms with Gasteiger partial charge < -0.3 is 9.47 Å². The molecule has 0 radical (unpaired) electrons. The van der Waals surface area contributed by atoms with Gasteiger partial charge in [-0.3, -0.25) is 9.13 Å². The molecule has 4 heterocycles. The van der Waals surface area contributed by atoms with Crippen molar-refractivity contribution in [3.8, 4) is 0 Å². The summed E-state index contributed by atoms with van der Waals surface area (Å²) in [5.41, 5.74) is -0.491. The van der Waals surface area contributed by atoms with Crippen LogP contribution in [-0.4, -0.2) is 54.1 Å². The van der Waals surface area contributed by atoms with Crippen molar-refractivity contribution in [3.63, 3.8) is 0 Å². The van der Waals surface area contributed by atoms with E-state index in [1.54, 1.807) is 0 Å². The zero-order chi connectivity index (χ0) is 16.0. The van der Waals surface area contributed by atoms with Crippen LogP contribution in [0.25, 0.3) is 0 Å². The first-order chi connectivity index (χ1) is 11.2. The van der Waals surface area contributed by atoms with Gasteiger partial charge in [-0.15, -0.1) is 0 Å². The molecule has 2 atom stereocenters. The maximum atomic E-state index is 12.5. The molecule has 0 spiro atoms. The maximum Gasteiger partial charge on any atom is 0.347 e. The van der Waals surface area contributed by atoms with Crippen molar-refractivity contribution in [2.24, 2.45) is 0 Å². The highest BCUT2D eigenvalue weighted by molar-refractivity contribution is 4.89. The van der Waals surface area contributed by atoms with Gasteiger partial charge in [-0.2, -0.15) is 10.2 Å². The standard InChI is InChI=1S/C13H18N6O4/c1-2-11-15-19(4-10-6-23-10)13(21)17(11)8-16-7-14-18(12(16)20)3-9-5-22-9/h7,9-10H,2-6,8H2,1H3/t9-,10+/m0/s1. The third-order valence-electron chi connectivity index (χ3n) is 3.96. The number of aryl methyl sites for hydroxylation is 1. The molecule has 0 aliphatic carbocycles. The SMILES string of the molecule is CCc1nn(C[C@@H]2CO2)c(=O)n1Cn1cnn(C[C@H]2CO2)c1=O. The number of nitrogens with zero attached hydrogens (tertiary/aromatic N) is 6. The van der Waals surface area contributed by atoms with Crippen molar-refractivity contribution in [1.82, 2.24) is 28.7 Å². The van der Waals surface area contributed by atoms with Crippen LogP contribution in [-0.2, 0) is 35.7 Å². The normalized spacial score (nSPS) is 22.5. The number of hydrogen-bond donors (Lipinski definition) is 0. The second-order valence-electron chi connectivity index (χ2n) is 5.78. The monoisotopic (exact) mass is 322 g/mol. The average Bonchev–Trinajstić information content (AvgIpc) is 3.45. The van der Waals surface area contributed by atoms with Crippen molar-refractivity contribution >= 4 is 0 Å². The highest BCUT2D eigenvalue weighted by Gasteiger charge is 2.26. The van der Waals surface area contributed by atoms with Crippen molar-refractivity contribution < 1.29 is 9.47 Å². The molecule has 2 fully saturated rings. The summed E-state index contributed by atoms with van der Waals surface area (Å²) in [4.78, 5) is 24.8. The smallest absolute Gasteiger partial charge is 0.347 e. The molecule has 124 valence electrons. The van der Waals surface area contributed by atoms with Crippen molar-refractivity contribution in [2.75, 3.05) is 13.2 Å². The van der Waals surface area contributed by atoms with Gasteiger partial charge in [0.05, 0.1) is 26.3 Å². The molecule has 10 nitrogen and oxygen atoms in total. The summed E-state index contributed by atoms with van der Waals surface area (Å²) in [6, 6.07) is 0. The molecule has 10 heteroatoms. The first kappa shape index (κ1) is 14.4. The van der Waals surface area contributed by atoms with E-state index in [0.29, 0.717) is 38.5 Å². The molecule has 2 saturated heterocycles. The first-order valence-electron chi connectivity index (χ1n) is 7.67. The topological polar surface area (TPSA) is 105 Å². The Morgan fingerprint density at radius 2 is 1.78 bits per heavy atom. The fourth-order valence-corrected chi connectivity index (χ4v) is 2.49. The van der Waals surface area contributed by atoms with Crippen LogP contribution in [0.3, 0.4) is 0 Å². The van der Waals surface area contributed by atoms with Gasteiger partial charge in [0.25, 0.3) is 0 Å². The summed E-state index contributed by atoms with van der Waals surface area (Å²) >= 11 is 0. The van der Waals surface area contributed by atoms with Gasteiger partial charge in [0.2, 0.25) is 0 Å². The van der Waals surface area contributed by atoms with Gasteiger partial charge in [-0.1, -0.05) is 6.92 Å². The molecule has 0 unspecified atom stereocenters. The Kier molecular flexibility index (Phi) is 3.42. The van der Waals surface area contributed by atoms with Crippen LogP contribution in [0.15, 0.2) is 15.9 Å². The van der Waals surface area contributed by atoms with Crippen molar-refractivity contribution in [3.05, 3.63) is 33.1 Å². The minimum Gasteiger partial charge on any atom is -0.371 e. The van der Waals surface area contributed by atoms with E-state index in [4.69, 9.17) is 9.47 Å². The van der Waals surface area contributed by atoms with Crippen molar-refractivity contribution in [1.29, 1.82) is 0 Å². The van der Waals surface area contributed by atoms with E-state index in [9.17, 15) is 9.59 Å². The summed E-state index contributed by atoms with van der Waals surface area (Å²) in [7, 11) is 0. The second kappa shape index (κ2) is 5.46. The lowest BCUT2D eigenvalue weighted by Gasteiger charge is -2.03. The third kappa shape index (κ3) is 2.86. The Hall–Kier alpha value is -2.20. The molecule has 2 aliphatic rings. The molecule has 23 heavy (non-hydrogen) atoms. The summed E-state index contributed by atoms with van der Waals surface area (Å²) < 4.78 is 15.9. The molecule has 0 aromatic carbocycles. The van der Waals surface area contributed by atoms with Crippen LogP contribution in [0.4, 0.5) is 0 Å². The molecule has 0 bridgehead atoms. The average molecular weight is 322 g/mol. The Bertz CT molecular complexity index is 822. The van der Waals surface area contributed by atoms with E-state index in [-0.39, 0.29) is 30.3 Å². The fraction of sp³-hybridized carbons (Fsp3) is 0.692. The van der Waals surface area contributed by atoms with E-state index in [2.05, 4.69) is 10.2 Å². The Morgan fingerprint density at radius 3 is 2.39 bits per heavy atom. The molecule has 2 aromatic rings. The molecule has 4 rings (SSSR count).